The van der Waals surface area contributed by atoms with Gasteiger partial charge in [0.05, 0.1) is 6.33 Å². The molecular formula is C12H11BrClN3O. The van der Waals surface area contributed by atoms with Crippen molar-refractivity contribution in [2.24, 2.45) is 0 Å². The van der Waals surface area contributed by atoms with Crippen molar-refractivity contribution in [3.63, 3.8) is 0 Å². The molecule has 0 aliphatic heterocycles. The van der Waals surface area contributed by atoms with Crippen molar-refractivity contribution in [3.8, 4) is 0 Å². The van der Waals surface area contributed by atoms with Gasteiger partial charge in [-0.05, 0) is 17.7 Å². The molecule has 1 heterocycles. The second-order valence-corrected chi connectivity index (χ2v) is 5.15. The van der Waals surface area contributed by atoms with Gasteiger partial charge in [0.25, 0.3) is 5.56 Å². The Kier molecular flexibility index (Phi) is 4.04. The number of rotatable bonds is 3. The first-order valence-corrected chi connectivity index (χ1v) is 6.44. The Morgan fingerprint density at radius 1 is 1.50 bits per heavy atom. The van der Waals surface area contributed by atoms with Crippen LogP contribution in [0.4, 0.5) is 5.82 Å². The topological polar surface area (TPSA) is 49.0 Å². The van der Waals surface area contributed by atoms with E-state index in [9.17, 15) is 4.79 Å². The first kappa shape index (κ1) is 13.1. The maximum absolute atomic E-state index is 11.4. The molecule has 0 bridgehead atoms. The first-order chi connectivity index (χ1) is 8.58. The average Bonchev–Trinajstić information content (AvgIpc) is 2.32. The fourth-order valence-electron chi connectivity index (χ4n) is 1.62. The Balaban J connectivity index is 2.25. The van der Waals surface area contributed by atoms with E-state index in [0.717, 1.165) is 10.0 Å². The van der Waals surface area contributed by atoms with Gasteiger partial charge in [-0.1, -0.05) is 39.7 Å². The molecule has 0 saturated heterocycles. The van der Waals surface area contributed by atoms with E-state index in [2.05, 4.69) is 25.9 Å². The quantitative estimate of drug-likeness (QED) is 0.942. The highest BCUT2D eigenvalue weighted by atomic mass is 79.9. The zero-order chi connectivity index (χ0) is 13.1. The smallest absolute Gasteiger partial charge is 0.271 e. The summed E-state index contributed by atoms with van der Waals surface area (Å²) in [7, 11) is 1.84. The zero-order valence-electron chi connectivity index (χ0n) is 9.65. The van der Waals surface area contributed by atoms with Crippen molar-refractivity contribution >= 4 is 33.3 Å². The second kappa shape index (κ2) is 5.54. The fourth-order valence-corrected chi connectivity index (χ4v) is 2.32. The number of H-pyrrole nitrogens is 1. The van der Waals surface area contributed by atoms with Crippen molar-refractivity contribution in [3.05, 3.63) is 56.0 Å². The molecule has 18 heavy (non-hydrogen) atoms. The number of halogens is 2. The lowest BCUT2D eigenvalue weighted by atomic mass is 10.2. The number of aromatic amines is 1. The summed E-state index contributed by atoms with van der Waals surface area (Å²) in [5.41, 5.74) is 0.771. The Morgan fingerprint density at radius 2 is 2.28 bits per heavy atom. The summed E-state index contributed by atoms with van der Waals surface area (Å²) in [6.45, 7) is 0.621. The summed E-state index contributed by atoms with van der Waals surface area (Å²) in [6, 6.07) is 7.93. The molecule has 1 aromatic carbocycles. The summed E-state index contributed by atoms with van der Waals surface area (Å²) < 4.78 is 1.01. The van der Waals surface area contributed by atoms with E-state index in [4.69, 9.17) is 11.6 Å². The average molecular weight is 329 g/mol. The third-order valence-corrected chi connectivity index (χ3v) is 3.28. The standard InChI is InChI=1S/C12H11BrClN3O/c1-17(6-8-3-2-4-9(13)5-8)11-10(14)12(18)16-7-15-11/h2-5,7H,6H2,1H3,(H,15,16,18). The van der Waals surface area contributed by atoms with Gasteiger partial charge in [0.1, 0.15) is 5.02 Å². The van der Waals surface area contributed by atoms with Crippen LogP contribution in [0.1, 0.15) is 5.56 Å². The molecule has 6 heteroatoms. The van der Waals surface area contributed by atoms with Gasteiger partial charge in [-0.15, -0.1) is 0 Å². The van der Waals surface area contributed by atoms with Gasteiger partial charge in [-0.25, -0.2) is 4.98 Å². The van der Waals surface area contributed by atoms with E-state index in [-0.39, 0.29) is 10.6 Å². The first-order valence-electron chi connectivity index (χ1n) is 5.26. The molecule has 0 saturated carbocycles. The normalized spacial score (nSPS) is 10.4. The predicted octanol–water partition coefficient (Wildman–Crippen LogP) is 2.82. The van der Waals surface area contributed by atoms with Gasteiger partial charge in [-0.2, -0.15) is 0 Å². The molecule has 0 aliphatic rings. The van der Waals surface area contributed by atoms with Crippen molar-refractivity contribution in [2.45, 2.75) is 6.54 Å². The zero-order valence-corrected chi connectivity index (χ0v) is 12.0. The third kappa shape index (κ3) is 2.91. The Morgan fingerprint density at radius 3 is 3.00 bits per heavy atom. The number of hydrogen-bond acceptors (Lipinski definition) is 3. The van der Waals surface area contributed by atoms with Crippen LogP contribution in [0.2, 0.25) is 5.02 Å². The maximum Gasteiger partial charge on any atom is 0.271 e. The van der Waals surface area contributed by atoms with Crippen LogP contribution in [-0.4, -0.2) is 17.0 Å². The summed E-state index contributed by atoms with van der Waals surface area (Å²) >= 11 is 9.35. The number of nitrogens with one attached hydrogen (secondary N) is 1. The minimum absolute atomic E-state index is 0.106. The van der Waals surface area contributed by atoms with E-state index < -0.39 is 0 Å². The fraction of sp³-hybridized carbons (Fsp3) is 0.167. The van der Waals surface area contributed by atoms with Gasteiger partial charge >= 0.3 is 0 Å². The largest absolute Gasteiger partial charge is 0.354 e. The van der Waals surface area contributed by atoms with Crippen LogP contribution in [-0.2, 0) is 6.54 Å². The van der Waals surface area contributed by atoms with Crippen LogP contribution in [0.15, 0.2) is 39.9 Å². The minimum atomic E-state index is -0.331. The van der Waals surface area contributed by atoms with E-state index in [1.54, 1.807) is 0 Å². The Hall–Kier alpha value is -1.33. The molecule has 1 N–H and O–H groups in total. The lowest BCUT2D eigenvalue weighted by molar-refractivity contribution is 0.886. The SMILES string of the molecule is CN(Cc1cccc(Br)c1)c1nc[nH]c(=O)c1Cl. The van der Waals surface area contributed by atoms with Crippen LogP contribution >= 0.6 is 27.5 Å². The second-order valence-electron chi connectivity index (χ2n) is 3.86. The molecular weight excluding hydrogens is 318 g/mol. The van der Waals surface area contributed by atoms with Gasteiger partial charge in [0, 0.05) is 18.1 Å². The van der Waals surface area contributed by atoms with Crippen molar-refractivity contribution in [1.82, 2.24) is 9.97 Å². The lowest BCUT2D eigenvalue weighted by Crippen LogP contribution is -2.21. The highest BCUT2D eigenvalue weighted by Gasteiger charge is 2.11. The van der Waals surface area contributed by atoms with Crippen molar-refractivity contribution in [1.29, 1.82) is 0 Å². The summed E-state index contributed by atoms with van der Waals surface area (Å²) in [6.07, 6.45) is 1.35. The van der Waals surface area contributed by atoms with Gasteiger partial charge in [-0.3, -0.25) is 4.79 Å². The molecule has 0 fully saturated rings. The molecule has 2 rings (SSSR count). The maximum atomic E-state index is 11.4. The molecule has 0 radical (unpaired) electrons. The number of anilines is 1. The molecule has 2 aromatic rings. The molecule has 0 atom stereocenters. The molecule has 4 nitrogen and oxygen atoms in total. The molecule has 0 amide bonds. The van der Waals surface area contributed by atoms with Crippen LogP contribution in [0, 0.1) is 0 Å². The lowest BCUT2D eigenvalue weighted by Gasteiger charge is -2.18. The minimum Gasteiger partial charge on any atom is -0.354 e. The number of hydrogen-bond donors (Lipinski definition) is 1. The highest BCUT2D eigenvalue weighted by Crippen LogP contribution is 2.20. The van der Waals surface area contributed by atoms with Gasteiger partial charge < -0.3 is 9.88 Å². The summed E-state index contributed by atoms with van der Waals surface area (Å²) in [4.78, 5) is 19.7. The summed E-state index contributed by atoms with van der Waals surface area (Å²) in [5.74, 6) is 0.473. The molecule has 0 unspecified atom stereocenters. The molecule has 94 valence electrons. The predicted molar refractivity (Wildman–Crippen MR) is 76.1 cm³/mol. The van der Waals surface area contributed by atoms with Gasteiger partial charge in [0.2, 0.25) is 0 Å². The molecule has 0 aliphatic carbocycles. The van der Waals surface area contributed by atoms with E-state index >= 15 is 0 Å². The number of benzene rings is 1. The monoisotopic (exact) mass is 327 g/mol. The highest BCUT2D eigenvalue weighted by molar-refractivity contribution is 9.10. The molecule has 1 aromatic heterocycles. The van der Waals surface area contributed by atoms with E-state index in [1.807, 2.05) is 36.2 Å². The number of aromatic nitrogens is 2. The van der Waals surface area contributed by atoms with Crippen LogP contribution in [0.5, 0.6) is 0 Å². The number of nitrogens with zero attached hydrogens (tertiary/aromatic N) is 2. The van der Waals surface area contributed by atoms with Gasteiger partial charge in [0.15, 0.2) is 5.82 Å². The van der Waals surface area contributed by atoms with E-state index in [0.29, 0.717) is 12.4 Å². The van der Waals surface area contributed by atoms with Crippen LogP contribution in [0.25, 0.3) is 0 Å². The summed E-state index contributed by atoms with van der Waals surface area (Å²) in [5, 5.41) is 0.106. The molecule has 0 spiro atoms. The van der Waals surface area contributed by atoms with Crippen molar-refractivity contribution in [2.75, 3.05) is 11.9 Å². The van der Waals surface area contributed by atoms with Crippen LogP contribution in [0.3, 0.4) is 0 Å². The Bertz CT molecular complexity index is 614. The van der Waals surface area contributed by atoms with Crippen molar-refractivity contribution < 1.29 is 0 Å². The van der Waals surface area contributed by atoms with Crippen LogP contribution < -0.4 is 10.5 Å². The third-order valence-electron chi connectivity index (χ3n) is 2.45. The van der Waals surface area contributed by atoms with E-state index in [1.165, 1.54) is 6.33 Å². The Labute approximate surface area is 118 Å².